The first-order chi connectivity index (χ1) is 9.67. The third kappa shape index (κ3) is 2.52. The Morgan fingerprint density at radius 3 is 3.00 bits per heavy atom. The highest BCUT2D eigenvalue weighted by Gasteiger charge is 2.25. The molecule has 0 radical (unpaired) electrons. The van der Waals surface area contributed by atoms with Crippen LogP contribution >= 0.6 is 0 Å². The van der Waals surface area contributed by atoms with Crippen LogP contribution in [-0.4, -0.2) is 40.5 Å². The second kappa shape index (κ2) is 5.44. The van der Waals surface area contributed by atoms with Gasteiger partial charge < -0.3 is 14.0 Å². The molecule has 1 saturated heterocycles. The van der Waals surface area contributed by atoms with E-state index in [-0.39, 0.29) is 0 Å². The summed E-state index contributed by atoms with van der Waals surface area (Å²) in [5, 5.41) is 0. The Kier molecular flexibility index (Phi) is 3.66. The Morgan fingerprint density at radius 2 is 2.30 bits per heavy atom. The zero-order chi connectivity index (χ0) is 14.1. The van der Waals surface area contributed by atoms with Crippen LogP contribution in [0.15, 0.2) is 24.5 Å². The molecule has 3 heterocycles. The van der Waals surface area contributed by atoms with Crippen LogP contribution in [0, 0.1) is 5.92 Å². The number of imidazole rings is 1. The average molecular weight is 273 g/mol. The summed E-state index contributed by atoms with van der Waals surface area (Å²) in [6.45, 7) is 6.97. The van der Waals surface area contributed by atoms with Crippen molar-refractivity contribution in [2.45, 2.75) is 32.7 Å². The second-order valence-electron chi connectivity index (χ2n) is 5.99. The van der Waals surface area contributed by atoms with E-state index in [1.54, 1.807) is 7.11 Å². The second-order valence-corrected chi connectivity index (χ2v) is 5.99. The molecule has 1 atom stereocenters. The Hall–Kier alpha value is -1.55. The summed E-state index contributed by atoms with van der Waals surface area (Å²) >= 11 is 0. The first-order valence-corrected chi connectivity index (χ1v) is 7.42. The lowest BCUT2D eigenvalue weighted by Crippen LogP contribution is -2.28. The molecule has 4 nitrogen and oxygen atoms in total. The zero-order valence-corrected chi connectivity index (χ0v) is 12.5. The Morgan fingerprint density at radius 1 is 1.45 bits per heavy atom. The van der Waals surface area contributed by atoms with Gasteiger partial charge in [-0.2, -0.15) is 0 Å². The fraction of sp³-hybridized carbons (Fsp3) is 0.562. The van der Waals surface area contributed by atoms with Crippen molar-refractivity contribution in [3.8, 4) is 5.75 Å². The van der Waals surface area contributed by atoms with Gasteiger partial charge in [-0.05, 0) is 51.3 Å². The van der Waals surface area contributed by atoms with Gasteiger partial charge in [-0.1, -0.05) is 0 Å². The molecule has 4 heteroatoms. The van der Waals surface area contributed by atoms with E-state index in [4.69, 9.17) is 9.72 Å². The highest BCUT2D eigenvalue weighted by atomic mass is 16.5. The van der Waals surface area contributed by atoms with Crippen molar-refractivity contribution in [3.63, 3.8) is 0 Å². The van der Waals surface area contributed by atoms with Crippen molar-refractivity contribution in [3.05, 3.63) is 30.2 Å². The largest absolute Gasteiger partial charge is 0.493 e. The van der Waals surface area contributed by atoms with Gasteiger partial charge in [0.15, 0.2) is 11.4 Å². The van der Waals surface area contributed by atoms with E-state index in [1.807, 2.05) is 18.3 Å². The minimum Gasteiger partial charge on any atom is -0.493 e. The summed E-state index contributed by atoms with van der Waals surface area (Å²) < 4.78 is 7.43. The predicted octanol–water partition coefficient (Wildman–Crippen LogP) is 2.62. The molecule has 108 valence electrons. The van der Waals surface area contributed by atoms with E-state index in [0.29, 0.717) is 6.04 Å². The molecule has 1 unspecified atom stereocenters. The number of ether oxygens (including phenoxy) is 1. The maximum Gasteiger partial charge on any atom is 0.179 e. The summed E-state index contributed by atoms with van der Waals surface area (Å²) in [4.78, 5) is 7.29. The molecule has 0 saturated carbocycles. The smallest absolute Gasteiger partial charge is 0.179 e. The third-order valence-electron chi connectivity index (χ3n) is 4.26. The van der Waals surface area contributed by atoms with Gasteiger partial charge in [0.1, 0.15) is 0 Å². The van der Waals surface area contributed by atoms with Gasteiger partial charge >= 0.3 is 0 Å². The van der Waals surface area contributed by atoms with Gasteiger partial charge in [-0.15, -0.1) is 0 Å². The Labute approximate surface area is 120 Å². The summed E-state index contributed by atoms with van der Waals surface area (Å²) in [6, 6.07) is 4.61. The van der Waals surface area contributed by atoms with Gasteiger partial charge in [-0.25, -0.2) is 4.98 Å². The number of hydrogen-bond acceptors (Lipinski definition) is 3. The predicted molar refractivity (Wildman–Crippen MR) is 80.3 cm³/mol. The minimum absolute atomic E-state index is 0.654. The molecule has 1 fully saturated rings. The molecule has 0 spiro atoms. The lowest BCUT2D eigenvalue weighted by atomic mass is 10.0. The number of aromatic nitrogens is 2. The summed E-state index contributed by atoms with van der Waals surface area (Å²) in [5.41, 5.74) is 2.09. The summed E-state index contributed by atoms with van der Waals surface area (Å²) in [6.07, 6.45) is 6.51. The van der Waals surface area contributed by atoms with E-state index in [1.165, 1.54) is 25.2 Å². The van der Waals surface area contributed by atoms with Gasteiger partial charge in [-0.3, -0.25) is 0 Å². The average Bonchev–Trinajstić information content (AvgIpc) is 3.04. The van der Waals surface area contributed by atoms with Crippen LogP contribution < -0.4 is 4.74 Å². The fourth-order valence-electron chi connectivity index (χ4n) is 3.09. The fourth-order valence-corrected chi connectivity index (χ4v) is 3.09. The number of rotatable bonds is 4. The SMILES string of the molecule is COc1cccn2cc(CC3CCN(C(C)C)C3)nc12. The van der Waals surface area contributed by atoms with E-state index >= 15 is 0 Å². The molecule has 1 aliphatic rings. The number of pyridine rings is 1. The van der Waals surface area contributed by atoms with Crippen LogP contribution in [0.2, 0.25) is 0 Å². The topological polar surface area (TPSA) is 29.8 Å². The van der Waals surface area contributed by atoms with Gasteiger partial charge in [0.2, 0.25) is 0 Å². The Balaban J connectivity index is 1.75. The highest BCUT2D eigenvalue weighted by Crippen LogP contribution is 2.24. The van der Waals surface area contributed by atoms with Crippen LogP contribution in [-0.2, 0) is 6.42 Å². The number of fused-ring (bicyclic) bond motifs is 1. The van der Waals surface area contributed by atoms with E-state index in [0.717, 1.165) is 23.7 Å². The molecule has 0 bridgehead atoms. The van der Waals surface area contributed by atoms with Crippen LogP contribution in [0.25, 0.3) is 5.65 Å². The lowest BCUT2D eigenvalue weighted by Gasteiger charge is -2.19. The van der Waals surface area contributed by atoms with E-state index in [2.05, 4.69) is 29.3 Å². The lowest BCUT2D eigenvalue weighted by molar-refractivity contribution is 0.265. The zero-order valence-electron chi connectivity index (χ0n) is 12.5. The molecule has 0 aliphatic carbocycles. The van der Waals surface area contributed by atoms with Crippen molar-refractivity contribution in [1.82, 2.24) is 14.3 Å². The summed E-state index contributed by atoms with van der Waals surface area (Å²) in [5.74, 6) is 1.57. The molecule has 0 amide bonds. The summed E-state index contributed by atoms with van der Waals surface area (Å²) in [7, 11) is 1.70. The standard InChI is InChI=1S/C16H23N3O/c1-12(2)18-8-6-13(10-18)9-14-11-19-7-4-5-15(20-3)16(19)17-14/h4-5,7,11-13H,6,8-10H2,1-3H3. The van der Waals surface area contributed by atoms with Crippen LogP contribution in [0.1, 0.15) is 26.0 Å². The number of methoxy groups -OCH3 is 1. The first kappa shape index (κ1) is 13.4. The molecule has 2 aromatic rings. The monoisotopic (exact) mass is 273 g/mol. The van der Waals surface area contributed by atoms with Crippen molar-refractivity contribution < 1.29 is 4.74 Å². The molecular formula is C16H23N3O. The van der Waals surface area contributed by atoms with Gasteiger partial charge in [0.25, 0.3) is 0 Å². The van der Waals surface area contributed by atoms with Crippen molar-refractivity contribution in [2.75, 3.05) is 20.2 Å². The van der Waals surface area contributed by atoms with Crippen molar-refractivity contribution in [2.24, 2.45) is 5.92 Å². The van der Waals surface area contributed by atoms with E-state index < -0.39 is 0 Å². The molecule has 1 aliphatic heterocycles. The maximum atomic E-state index is 5.37. The van der Waals surface area contributed by atoms with Crippen molar-refractivity contribution in [1.29, 1.82) is 0 Å². The van der Waals surface area contributed by atoms with Crippen molar-refractivity contribution >= 4 is 5.65 Å². The minimum atomic E-state index is 0.654. The van der Waals surface area contributed by atoms with E-state index in [9.17, 15) is 0 Å². The number of nitrogens with zero attached hydrogens (tertiary/aromatic N) is 3. The normalized spacial score (nSPS) is 20.1. The molecule has 0 N–H and O–H groups in total. The molecule has 20 heavy (non-hydrogen) atoms. The maximum absolute atomic E-state index is 5.37. The molecule has 0 aromatic carbocycles. The van der Waals surface area contributed by atoms with Crippen LogP contribution in [0.3, 0.4) is 0 Å². The van der Waals surface area contributed by atoms with Crippen LogP contribution in [0.4, 0.5) is 0 Å². The third-order valence-corrected chi connectivity index (χ3v) is 4.26. The quantitative estimate of drug-likeness (QED) is 0.857. The molecular weight excluding hydrogens is 250 g/mol. The van der Waals surface area contributed by atoms with Crippen LogP contribution in [0.5, 0.6) is 5.75 Å². The first-order valence-electron chi connectivity index (χ1n) is 7.42. The van der Waals surface area contributed by atoms with Gasteiger partial charge in [0.05, 0.1) is 12.8 Å². The molecule has 3 rings (SSSR count). The van der Waals surface area contributed by atoms with Gasteiger partial charge in [0, 0.05) is 25.0 Å². The Bertz CT molecular complexity index is 590. The molecule has 2 aromatic heterocycles. The highest BCUT2D eigenvalue weighted by molar-refractivity contribution is 5.54. The number of likely N-dealkylation sites (tertiary alicyclic amines) is 1. The number of hydrogen-bond donors (Lipinski definition) is 0.